The number of fused-ring (bicyclic) bond motifs is 1. The maximum atomic E-state index is 12.6. The number of H-pyrrole nitrogens is 1. The van der Waals surface area contributed by atoms with Gasteiger partial charge in [-0.15, -0.1) is 0 Å². The largest absolute Gasteiger partial charge is 0.480 e. The molecule has 13 nitrogen and oxygen atoms in total. The fraction of sp³-hybridized carbons (Fsp3) is 0.381. The molecule has 0 saturated heterocycles. The van der Waals surface area contributed by atoms with Crippen LogP contribution in [-0.4, -0.2) is 81.3 Å². The molecule has 4 amide bonds. The number of thiol groups is 1. The standard InChI is InChI=1S/C21H28N6O7S/c22-12(5-10-7-24-13-4-2-1-3-11(10)13)18(30)26-15(8-28)19(31)27-16(9-35)20(32)25-14(21(33)34)6-17(23)29/h1-4,7,12,14-16,24,28,35H,5-6,8-9,22H2,(H2,23,29)(H,25,32)(H,26,30)(H,27,31)(H,33,34). The van der Waals surface area contributed by atoms with Gasteiger partial charge in [-0.1, -0.05) is 18.2 Å². The number of benzene rings is 1. The Bertz CT molecular complexity index is 1090. The van der Waals surface area contributed by atoms with E-state index in [4.69, 9.17) is 16.6 Å². The van der Waals surface area contributed by atoms with Crippen molar-refractivity contribution in [2.75, 3.05) is 12.4 Å². The molecule has 4 atom stereocenters. The molecular weight excluding hydrogens is 480 g/mol. The molecule has 190 valence electrons. The second kappa shape index (κ2) is 12.7. The third-order valence-electron chi connectivity index (χ3n) is 5.10. The van der Waals surface area contributed by atoms with Crippen LogP contribution in [0.25, 0.3) is 10.9 Å². The monoisotopic (exact) mass is 508 g/mol. The van der Waals surface area contributed by atoms with Gasteiger partial charge in [-0.25, -0.2) is 4.79 Å². The molecule has 4 unspecified atom stereocenters. The highest BCUT2D eigenvalue weighted by molar-refractivity contribution is 7.80. The molecule has 0 fully saturated rings. The number of carboxylic acid groups (broad SMARTS) is 1. The number of carbonyl (C=O) groups excluding carboxylic acids is 4. The lowest BCUT2D eigenvalue weighted by atomic mass is 10.0. The average molecular weight is 509 g/mol. The van der Waals surface area contributed by atoms with Gasteiger partial charge in [-0.2, -0.15) is 12.6 Å². The van der Waals surface area contributed by atoms with E-state index < -0.39 is 66.8 Å². The first kappa shape index (κ1) is 27.6. The van der Waals surface area contributed by atoms with Crippen molar-refractivity contribution >= 4 is 53.1 Å². The molecule has 1 heterocycles. The molecule has 1 aromatic carbocycles. The molecule has 0 aliphatic heterocycles. The highest BCUT2D eigenvalue weighted by Gasteiger charge is 2.30. The molecule has 0 radical (unpaired) electrons. The molecule has 0 aliphatic carbocycles. The fourth-order valence-electron chi connectivity index (χ4n) is 3.24. The predicted octanol–water partition coefficient (Wildman–Crippen LogP) is -2.63. The van der Waals surface area contributed by atoms with Crippen molar-refractivity contribution in [3.05, 3.63) is 36.0 Å². The molecule has 35 heavy (non-hydrogen) atoms. The number of para-hydroxylation sites is 1. The van der Waals surface area contributed by atoms with E-state index in [0.29, 0.717) is 0 Å². The van der Waals surface area contributed by atoms with E-state index >= 15 is 0 Å². The zero-order chi connectivity index (χ0) is 26.1. The van der Waals surface area contributed by atoms with E-state index in [1.54, 1.807) is 6.20 Å². The Morgan fingerprint density at radius 2 is 1.57 bits per heavy atom. The second-order valence-corrected chi connectivity index (χ2v) is 8.09. The van der Waals surface area contributed by atoms with Crippen molar-refractivity contribution in [1.82, 2.24) is 20.9 Å². The van der Waals surface area contributed by atoms with Gasteiger partial charge in [-0.05, 0) is 18.1 Å². The Labute approximate surface area is 205 Å². The van der Waals surface area contributed by atoms with Crippen LogP contribution in [0, 0.1) is 0 Å². The Balaban J connectivity index is 1.98. The Kier molecular flexibility index (Phi) is 10.1. The number of aliphatic carboxylic acids is 1. The van der Waals surface area contributed by atoms with Gasteiger partial charge >= 0.3 is 5.97 Å². The van der Waals surface area contributed by atoms with Crippen LogP contribution in [0.2, 0.25) is 0 Å². The van der Waals surface area contributed by atoms with Gasteiger partial charge in [0.05, 0.1) is 19.1 Å². The zero-order valence-corrected chi connectivity index (χ0v) is 19.5. The molecule has 2 aromatic rings. The maximum Gasteiger partial charge on any atom is 0.326 e. The van der Waals surface area contributed by atoms with Crippen molar-refractivity contribution in [2.24, 2.45) is 11.5 Å². The number of aromatic amines is 1. The molecule has 1 aromatic heterocycles. The van der Waals surface area contributed by atoms with Crippen LogP contribution in [0.5, 0.6) is 0 Å². The topological polar surface area (TPSA) is 230 Å². The number of carbonyl (C=O) groups is 5. The van der Waals surface area contributed by atoms with E-state index in [1.807, 2.05) is 24.3 Å². The summed E-state index contributed by atoms with van der Waals surface area (Å²) in [5.41, 5.74) is 12.6. The van der Waals surface area contributed by atoms with Crippen molar-refractivity contribution in [3.8, 4) is 0 Å². The average Bonchev–Trinajstić information content (AvgIpc) is 3.22. The molecule has 0 bridgehead atoms. The maximum absolute atomic E-state index is 12.6. The summed E-state index contributed by atoms with van der Waals surface area (Å²) >= 11 is 3.97. The number of aliphatic hydroxyl groups excluding tert-OH is 1. The minimum atomic E-state index is -1.60. The molecular formula is C21H28N6O7S. The Morgan fingerprint density at radius 3 is 2.17 bits per heavy atom. The highest BCUT2D eigenvalue weighted by Crippen LogP contribution is 2.18. The third-order valence-corrected chi connectivity index (χ3v) is 5.47. The van der Waals surface area contributed by atoms with E-state index in [-0.39, 0.29) is 12.2 Å². The minimum Gasteiger partial charge on any atom is -0.480 e. The van der Waals surface area contributed by atoms with E-state index in [1.165, 1.54) is 0 Å². The molecule has 14 heteroatoms. The summed E-state index contributed by atoms with van der Waals surface area (Å²) in [5.74, 6) is -5.25. The van der Waals surface area contributed by atoms with Gasteiger partial charge < -0.3 is 42.6 Å². The predicted molar refractivity (Wildman–Crippen MR) is 128 cm³/mol. The Morgan fingerprint density at radius 1 is 0.971 bits per heavy atom. The smallest absolute Gasteiger partial charge is 0.326 e. The van der Waals surface area contributed by atoms with Crippen LogP contribution in [-0.2, 0) is 30.4 Å². The first-order valence-corrected chi connectivity index (χ1v) is 11.1. The van der Waals surface area contributed by atoms with Crippen LogP contribution >= 0.6 is 12.6 Å². The number of primary amides is 1. The van der Waals surface area contributed by atoms with Crippen molar-refractivity contribution in [2.45, 2.75) is 37.0 Å². The molecule has 0 aliphatic rings. The number of nitrogens with two attached hydrogens (primary N) is 2. The van der Waals surface area contributed by atoms with Gasteiger partial charge in [0.15, 0.2) is 0 Å². The number of hydrogen-bond acceptors (Lipinski definition) is 8. The van der Waals surface area contributed by atoms with Crippen LogP contribution in [0.4, 0.5) is 0 Å². The summed E-state index contributed by atoms with van der Waals surface area (Å²) in [6.07, 6.45) is 1.23. The SMILES string of the molecule is NC(=O)CC(NC(=O)C(CS)NC(=O)C(CO)NC(=O)C(N)Cc1c[nH]c2ccccc12)C(=O)O. The lowest BCUT2D eigenvalue weighted by Crippen LogP contribution is -2.58. The third kappa shape index (κ3) is 7.70. The summed E-state index contributed by atoms with van der Waals surface area (Å²) in [4.78, 5) is 62.8. The van der Waals surface area contributed by atoms with Gasteiger partial charge in [0.25, 0.3) is 0 Å². The first-order valence-electron chi connectivity index (χ1n) is 10.5. The van der Waals surface area contributed by atoms with Crippen LogP contribution in [0.3, 0.4) is 0 Å². The van der Waals surface area contributed by atoms with Gasteiger partial charge in [-0.3, -0.25) is 19.2 Å². The molecule has 2 rings (SSSR count). The highest BCUT2D eigenvalue weighted by atomic mass is 32.1. The summed E-state index contributed by atoms with van der Waals surface area (Å²) in [5, 5.41) is 26.3. The summed E-state index contributed by atoms with van der Waals surface area (Å²) < 4.78 is 0. The number of amides is 4. The van der Waals surface area contributed by atoms with Gasteiger partial charge in [0, 0.05) is 22.9 Å². The van der Waals surface area contributed by atoms with Gasteiger partial charge in [0.2, 0.25) is 23.6 Å². The molecule has 0 spiro atoms. The lowest BCUT2D eigenvalue weighted by Gasteiger charge is -2.23. The molecule has 10 N–H and O–H groups in total. The van der Waals surface area contributed by atoms with Crippen molar-refractivity contribution < 1.29 is 34.2 Å². The molecule has 0 saturated carbocycles. The number of nitrogens with one attached hydrogen (secondary N) is 4. The van der Waals surface area contributed by atoms with E-state index in [0.717, 1.165) is 16.5 Å². The number of hydrogen-bond donors (Lipinski definition) is 9. The number of rotatable bonds is 13. The summed E-state index contributed by atoms with van der Waals surface area (Å²) in [6, 6.07) is 2.04. The zero-order valence-electron chi connectivity index (χ0n) is 18.6. The Hall–Kier alpha value is -3.62. The second-order valence-electron chi connectivity index (χ2n) is 7.73. The van der Waals surface area contributed by atoms with E-state index in [9.17, 15) is 29.1 Å². The van der Waals surface area contributed by atoms with Crippen molar-refractivity contribution in [3.63, 3.8) is 0 Å². The first-order chi connectivity index (χ1) is 16.6. The van der Waals surface area contributed by atoms with Crippen LogP contribution < -0.4 is 27.4 Å². The lowest BCUT2D eigenvalue weighted by molar-refractivity contribution is -0.143. The van der Waals surface area contributed by atoms with Crippen LogP contribution in [0.1, 0.15) is 12.0 Å². The van der Waals surface area contributed by atoms with Gasteiger partial charge in [0.1, 0.15) is 18.1 Å². The number of carboxylic acids is 1. The summed E-state index contributed by atoms with van der Waals surface area (Å²) in [7, 11) is 0. The van der Waals surface area contributed by atoms with E-state index in [2.05, 4.69) is 33.6 Å². The van der Waals surface area contributed by atoms with Crippen LogP contribution in [0.15, 0.2) is 30.5 Å². The number of aliphatic hydroxyl groups is 1. The number of aromatic nitrogens is 1. The fourth-order valence-corrected chi connectivity index (χ4v) is 3.50. The quantitative estimate of drug-likeness (QED) is 0.130. The normalized spacial score (nSPS) is 14.4. The van der Waals surface area contributed by atoms with Crippen molar-refractivity contribution in [1.29, 1.82) is 0 Å². The minimum absolute atomic E-state index is 0.160. The summed E-state index contributed by atoms with van der Waals surface area (Å²) in [6.45, 7) is -0.794.